The van der Waals surface area contributed by atoms with Crippen LogP contribution in [0.2, 0.25) is 5.02 Å². The van der Waals surface area contributed by atoms with Crippen molar-refractivity contribution >= 4 is 34.2 Å². The SMILES string of the molecule is CC(C)(C)S(=O)N[C@H](c1ccccc1-c1ccc(Cl)cc1)C1CCN(c2ccc(C(=O)O)cc2)CC1. The fraction of sp³-hybridized carbons (Fsp3) is 0.345. The van der Waals surface area contributed by atoms with Crippen LogP contribution in [0.25, 0.3) is 11.1 Å². The summed E-state index contributed by atoms with van der Waals surface area (Å²) in [5.74, 6) is -0.625. The van der Waals surface area contributed by atoms with Crippen LogP contribution < -0.4 is 9.62 Å². The predicted molar refractivity (Wildman–Crippen MR) is 149 cm³/mol. The van der Waals surface area contributed by atoms with Gasteiger partial charge in [0.05, 0.1) is 21.3 Å². The minimum Gasteiger partial charge on any atom is -0.478 e. The molecule has 3 aromatic carbocycles. The topological polar surface area (TPSA) is 69.6 Å². The van der Waals surface area contributed by atoms with Crippen molar-refractivity contribution in [1.29, 1.82) is 0 Å². The summed E-state index contributed by atoms with van der Waals surface area (Å²) < 4.78 is 16.4. The molecule has 0 radical (unpaired) electrons. The Kier molecular flexibility index (Phi) is 8.18. The monoisotopic (exact) mass is 524 g/mol. The number of halogens is 1. The molecule has 4 rings (SSSR count). The van der Waals surface area contributed by atoms with Crippen molar-refractivity contribution in [3.05, 3.63) is 88.9 Å². The fourth-order valence-corrected chi connectivity index (χ4v) is 5.70. The van der Waals surface area contributed by atoms with Crippen molar-refractivity contribution in [3.8, 4) is 11.1 Å². The van der Waals surface area contributed by atoms with Gasteiger partial charge in [-0.1, -0.05) is 48.0 Å². The molecular formula is C29H33ClN2O3S. The molecule has 0 saturated carbocycles. The van der Waals surface area contributed by atoms with Crippen LogP contribution in [0.4, 0.5) is 5.69 Å². The second-order valence-electron chi connectivity index (χ2n) is 10.2. The lowest BCUT2D eigenvalue weighted by Gasteiger charge is -2.39. The van der Waals surface area contributed by atoms with E-state index in [9.17, 15) is 14.1 Å². The highest BCUT2D eigenvalue weighted by atomic mass is 35.5. The number of benzene rings is 3. The molecule has 2 atom stereocenters. The summed E-state index contributed by atoms with van der Waals surface area (Å²) in [5, 5.41) is 9.88. The van der Waals surface area contributed by atoms with Crippen LogP contribution in [-0.4, -0.2) is 33.1 Å². The number of piperidine rings is 1. The number of carbonyl (C=O) groups is 1. The van der Waals surface area contributed by atoms with Gasteiger partial charge in [0.2, 0.25) is 0 Å². The average Bonchev–Trinajstić information content (AvgIpc) is 2.87. The minimum atomic E-state index is -1.23. The number of carboxylic acid groups (broad SMARTS) is 1. The summed E-state index contributed by atoms with van der Waals surface area (Å²) in [7, 11) is -1.23. The fourth-order valence-electron chi connectivity index (χ4n) is 4.67. The number of anilines is 1. The van der Waals surface area contributed by atoms with E-state index in [4.69, 9.17) is 11.6 Å². The van der Waals surface area contributed by atoms with Crippen molar-refractivity contribution in [1.82, 2.24) is 4.72 Å². The molecule has 0 aliphatic carbocycles. The Labute approximate surface area is 221 Å². The van der Waals surface area contributed by atoms with Gasteiger partial charge in [0.25, 0.3) is 0 Å². The normalized spacial score (nSPS) is 16.5. The first-order chi connectivity index (χ1) is 17.1. The van der Waals surface area contributed by atoms with E-state index in [1.54, 1.807) is 12.1 Å². The Balaban J connectivity index is 1.60. The lowest BCUT2D eigenvalue weighted by molar-refractivity contribution is 0.0697. The molecular weight excluding hydrogens is 492 g/mol. The Morgan fingerprint density at radius 2 is 1.61 bits per heavy atom. The van der Waals surface area contributed by atoms with E-state index in [0.29, 0.717) is 16.5 Å². The molecule has 0 amide bonds. The number of hydrogen-bond acceptors (Lipinski definition) is 3. The Morgan fingerprint density at radius 1 is 1.00 bits per heavy atom. The lowest BCUT2D eigenvalue weighted by Crippen LogP contribution is -2.42. The predicted octanol–water partition coefficient (Wildman–Crippen LogP) is 6.71. The van der Waals surface area contributed by atoms with Gasteiger partial charge >= 0.3 is 5.97 Å². The molecule has 190 valence electrons. The van der Waals surface area contributed by atoms with Crippen LogP contribution in [0, 0.1) is 5.92 Å². The number of carboxylic acids is 1. The Hall–Kier alpha value is -2.67. The van der Waals surface area contributed by atoms with E-state index in [1.807, 2.05) is 69.3 Å². The van der Waals surface area contributed by atoms with Gasteiger partial charge in [-0.3, -0.25) is 0 Å². The number of rotatable bonds is 7. The molecule has 3 aromatic rings. The van der Waals surface area contributed by atoms with Gasteiger partial charge in [-0.2, -0.15) is 0 Å². The molecule has 0 bridgehead atoms. The van der Waals surface area contributed by atoms with Crippen LogP contribution >= 0.6 is 11.6 Å². The van der Waals surface area contributed by atoms with Gasteiger partial charge in [0, 0.05) is 29.8 Å². The number of nitrogens with zero attached hydrogens (tertiary/aromatic N) is 1. The first kappa shape index (κ1) is 26.4. The lowest BCUT2D eigenvalue weighted by atomic mass is 9.83. The van der Waals surface area contributed by atoms with Crippen molar-refractivity contribution in [2.24, 2.45) is 5.92 Å². The molecule has 36 heavy (non-hydrogen) atoms. The third kappa shape index (κ3) is 6.17. The van der Waals surface area contributed by atoms with Crippen LogP contribution in [0.1, 0.15) is 55.6 Å². The maximum atomic E-state index is 13.3. The van der Waals surface area contributed by atoms with E-state index < -0.39 is 17.0 Å². The molecule has 1 heterocycles. The Bertz CT molecular complexity index is 1210. The molecule has 1 fully saturated rings. The highest BCUT2D eigenvalue weighted by molar-refractivity contribution is 7.84. The zero-order valence-corrected chi connectivity index (χ0v) is 22.5. The molecule has 2 N–H and O–H groups in total. The first-order valence-electron chi connectivity index (χ1n) is 12.2. The van der Waals surface area contributed by atoms with E-state index in [1.165, 1.54) is 0 Å². The van der Waals surface area contributed by atoms with Gasteiger partial charge in [-0.25, -0.2) is 13.7 Å². The standard InChI is InChI=1S/C29H33ClN2O3S/c1-29(2,3)36(35)31-27(26-7-5-4-6-25(26)20-8-12-23(30)13-9-20)21-16-18-32(19-17-21)24-14-10-22(11-15-24)28(33)34/h4-15,21,27,31H,16-19H2,1-3H3,(H,33,34)/t27-,36?/m0/s1. The second-order valence-corrected chi connectivity index (χ2v) is 12.7. The highest BCUT2D eigenvalue weighted by Gasteiger charge is 2.33. The van der Waals surface area contributed by atoms with Crippen molar-refractivity contribution in [2.75, 3.05) is 18.0 Å². The maximum absolute atomic E-state index is 13.3. The highest BCUT2D eigenvalue weighted by Crippen LogP contribution is 2.38. The first-order valence-corrected chi connectivity index (χ1v) is 13.8. The summed E-state index contributed by atoms with van der Waals surface area (Å²) in [6, 6.07) is 23.2. The van der Waals surface area contributed by atoms with Gasteiger partial charge < -0.3 is 10.0 Å². The van der Waals surface area contributed by atoms with E-state index in [-0.39, 0.29) is 10.8 Å². The van der Waals surface area contributed by atoms with Crippen molar-refractivity contribution in [3.63, 3.8) is 0 Å². The third-order valence-corrected chi connectivity index (χ3v) is 8.56. The van der Waals surface area contributed by atoms with Crippen molar-refractivity contribution < 1.29 is 14.1 Å². The van der Waals surface area contributed by atoms with Crippen LogP contribution in [0.5, 0.6) is 0 Å². The zero-order valence-electron chi connectivity index (χ0n) is 20.9. The summed E-state index contributed by atoms with van der Waals surface area (Å²) in [6.07, 6.45) is 1.85. The van der Waals surface area contributed by atoms with Gasteiger partial charge in [-0.15, -0.1) is 0 Å². The second kappa shape index (κ2) is 11.2. The molecule has 7 heteroatoms. The summed E-state index contributed by atoms with van der Waals surface area (Å²) >= 11 is 6.14. The minimum absolute atomic E-state index is 0.0755. The molecule has 0 aromatic heterocycles. The van der Waals surface area contributed by atoms with Gasteiger partial charge in [0.1, 0.15) is 0 Å². The third-order valence-electron chi connectivity index (χ3n) is 6.73. The van der Waals surface area contributed by atoms with Crippen LogP contribution in [-0.2, 0) is 11.0 Å². The molecule has 0 spiro atoms. The average molecular weight is 525 g/mol. The molecule has 1 unspecified atom stereocenters. The molecule has 1 saturated heterocycles. The summed E-state index contributed by atoms with van der Waals surface area (Å²) in [4.78, 5) is 13.5. The zero-order chi connectivity index (χ0) is 25.9. The number of hydrogen-bond donors (Lipinski definition) is 2. The van der Waals surface area contributed by atoms with E-state index in [2.05, 4.69) is 21.8 Å². The molecule has 1 aliphatic heterocycles. The van der Waals surface area contributed by atoms with Gasteiger partial charge in [0.15, 0.2) is 0 Å². The van der Waals surface area contributed by atoms with Gasteiger partial charge in [-0.05, 0) is 92.6 Å². The number of nitrogens with one attached hydrogen (secondary N) is 1. The smallest absolute Gasteiger partial charge is 0.335 e. The van der Waals surface area contributed by atoms with E-state index in [0.717, 1.165) is 48.3 Å². The van der Waals surface area contributed by atoms with Crippen LogP contribution in [0.15, 0.2) is 72.8 Å². The largest absolute Gasteiger partial charge is 0.478 e. The summed E-state index contributed by atoms with van der Waals surface area (Å²) in [6.45, 7) is 7.66. The van der Waals surface area contributed by atoms with Crippen molar-refractivity contribution in [2.45, 2.75) is 44.4 Å². The molecule has 5 nitrogen and oxygen atoms in total. The molecule has 1 aliphatic rings. The number of aromatic carboxylic acids is 1. The quantitative estimate of drug-likeness (QED) is 0.360. The summed E-state index contributed by atoms with van der Waals surface area (Å²) in [5.41, 5.74) is 4.66. The van der Waals surface area contributed by atoms with E-state index >= 15 is 0 Å². The maximum Gasteiger partial charge on any atom is 0.335 e. The Morgan fingerprint density at radius 3 is 2.19 bits per heavy atom. The van der Waals surface area contributed by atoms with Crippen LogP contribution in [0.3, 0.4) is 0 Å².